The summed E-state index contributed by atoms with van der Waals surface area (Å²) in [5, 5.41) is 2.70. The van der Waals surface area contributed by atoms with E-state index in [0.29, 0.717) is 32.2 Å². The number of hydrogen-bond acceptors (Lipinski definition) is 5. The quantitative estimate of drug-likeness (QED) is 0.423. The molecule has 1 saturated carbocycles. The summed E-state index contributed by atoms with van der Waals surface area (Å²) in [4.78, 5) is 13.7. The maximum absolute atomic E-state index is 13.7. The lowest BCUT2D eigenvalue weighted by Crippen LogP contribution is -2.45. The van der Waals surface area contributed by atoms with E-state index in [-0.39, 0.29) is 5.57 Å². The number of rotatable bonds is 7. The third-order valence-electron chi connectivity index (χ3n) is 8.15. The van der Waals surface area contributed by atoms with Crippen molar-refractivity contribution in [3.05, 3.63) is 40.1 Å². The van der Waals surface area contributed by atoms with Crippen LogP contribution in [0.1, 0.15) is 80.0 Å². The van der Waals surface area contributed by atoms with E-state index < -0.39 is 38.5 Å². The molecule has 8 nitrogen and oxygen atoms in total. The molecule has 0 bridgehead atoms. The highest BCUT2D eigenvalue weighted by molar-refractivity contribution is 7.89. The Hall–Kier alpha value is -1.75. The SMILES string of the molecule is O=C(Nc1c2c(cc3c1CCC3)CCC2)C(=CNS(=O)[O-])C1CCCN1S(=O)(=O)C1CCCCC1. The van der Waals surface area contributed by atoms with E-state index in [4.69, 9.17) is 0 Å². The molecule has 10 heteroatoms. The Balaban J connectivity index is 1.46. The second-order valence-electron chi connectivity index (χ2n) is 10.2. The van der Waals surface area contributed by atoms with Gasteiger partial charge in [0.05, 0.1) is 16.9 Å². The Morgan fingerprint density at radius 3 is 2.26 bits per heavy atom. The van der Waals surface area contributed by atoms with Crippen molar-refractivity contribution >= 4 is 32.9 Å². The summed E-state index contributed by atoms with van der Waals surface area (Å²) in [7, 11) is -3.59. The predicted molar refractivity (Wildman–Crippen MR) is 135 cm³/mol. The third kappa shape index (κ3) is 4.95. The fourth-order valence-corrected chi connectivity index (χ4v) is 8.98. The van der Waals surface area contributed by atoms with Crippen LogP contribution in [0.4, 0.5) is 5.69 Å². The van der Waals surface area contributed by atoms with Gasteiger partial charge in [-0.15, -0.1) is 0 Å². The van der Waals surface area contributed by atoms with Crippen LogP contribution in [-0.2, 0) is 51.8 Å². The third-order valence-corrected chi connectivity index (χ3v) is 10.9. The van der Waals surface area contributed by atoms with Crippen LogP contribution in [0.3, 0.4) is 0 Å². The van der Waals surface area contributed by atoms with Gasteiger partial charge in [0.1, 0.15) is 0 Å². The molecular formula is C25H34N3O5S2-. The Kier molecular flexibility index (Phi) is 7.35. The zero-order chi connectivity index (χ0) is 24.6. The van der Waals surface area contributed by atoms with Crippen molar-refractivity contribution in [1.82, 2.24) is 9.03 Å². The minimum Gasteiger partial charge on any atom is -0.755 e. The molecular weight excluding hydrogens is 486 g/mol. The highest BCUT2D eigenvalue weighted by atomic mass is 32.2. The largest absolute Gasteiger partial charge is 0.755 e. The number of carbonyl (C=O) groups is 1. The molecule has 35 heavy (non-hydrogen) atoms. The average Bonchev–Trinajstić information content (AvgIpc) is 3.60. The number of nitrogens with one attached hydrogen (secondary N) is 2. The lowest BCUT2D eigenvalue weighted by molar-refractivity contribution is -0.113. The number of benzene rings is 1. The smallest absolute Gasteiger partial charge is 0.254 e. The molecule has 1 heterocycles. The number of nitrogens with zero attached hydrogens (tertiary/aromatic N) is 1. The van der Waals surface area contributed by atoms with Crippen molar-refractivity contribution in [3.8, 4) is 0 Å². The summed E-state index contributed by atoms with van der Waals surface area (Å²) in [5.74, 6) is -0.423. The lowest BCUT2D eigenvalue weighted by atomic mass is 9.98. The van der Waals surface area contributed by atoms with E-state index in [1.807, 2.05) is 0 Å². The van der Waals surface area contributed by atoms with Gasteiger partial charge in [0, 0.05) is 29.7 Å². The van der Waals surface area contributed by atoms with Crippen molar-refractivity contribution in [3.63, 3.8) is 0 Å². The van der Waals surface area contributed by atoms with Crippen LogP contribution < -0.4 is 10.0 Å². The average molecular weight is 521 g/mol. The van der Waals surface area contributed by atoms with Crippen molar-refractivity contribution in [2.24, 2.45) is 0 Å². The van der Waals surface area contributed by atoms with Crippen LogP contribution in [0.2, 0.25) is 0 Å². The van der Waals surface area contributed by atoms with Gasteiger partial charge in [-0.05, 0) is 86.5 Å². The molecule has 0 aromatic heterocycles. The number of aryl methyl sites for hydroxylation is 2. The molecule has 5 rings (SSSR count). The van der Waals surface area contributed by atoms with Crippen LogP contribution in [0.25, 0.3) is 0 Å². The fraction of sp³-hybridized carbons (Fsp3) is 0.640. The highest BCUT2D eigenvalue weighted by Crippen LogP contribution is 2.39. The van der Waals surface area contributed by atoms with Crippen LogP contribution in [-0.4, -0.2) is 45.2 Å². The molecule has 1 aliphatic heterocycles. The molecule has 2 atom stereocenters. The number of anilines is 1. The molecule has 2 unspecified atom stereocenters. The first-order chi connectivity index (χ1) is 16.9. The maximum atomic E-state index is 13.7. The molecule has 2 fully saturated rings. The first kappa shape index (κ1) is 24.9. The minimum absolute atomic E-state index is 0.161. The zero-order valence-corrected chi connectivity index (χ0v) is 21.6. The van der Waals surface area contributed by atoms with E-state index in [1.54, 1.807) is 0 Å². The van der Waals surface area contributed by atoms with Crippen molar-refractivity contribution in [1.29, 1.82) is 0 Å². The number of amides is 1. The Labute approximate surface area is 210 Å². The van der Waals surface area contributed by atoms with Crippen molar-refractivity contribution in [2.45, 2.75) is 94.8 Å². The summed E-state index contributed by atoms with van der Waals surface area (Å²) in [6.45, 7) is 0.352. The van der Waals surface area contributed by atoms with Gasteiger partial charge < -0.3 is 14.6 Å². The van der Waals surface area contributed by atoms with Gasteiger partial charge >= 0.3 is 0 Å². The van der Waals surface area contributed by atoms with Gasteiger partial charge in [-0.2, -0.15) is 4.31 Å². The molecule has 4 aliphatic rings. The number of carbonyl (C=O) groups excluding carboxylic acids is 1. The van der Waals surface area contributed by atoms with Crippen LogP contribution in [0.15, 0.2) is 17.8 Å². The Morgan fingerprint density at radius 2 is 1.63 bits per heavy atom. The summed E-state index contributed by atoms with van der Waals surface area (Å²) in [6.07, 6.45) is 12.4. The normalized spacial score (nSPS) is 24.3. The summed E-state index contributed by atoms with van der Waals surface area (Å²) in [5.41, 5.74) is 5.95. The molecule has 3 aliphatic carbocycles. The number of hydrogen-bond donors (Lipinski definition) is 2. The maximum Gasteiger partial charge on any atom is 0.254 e. The molecule has 0 spiro atoms. The van der Waals surface area contributed by atoms with Crippen LogP contribution >= 0.6 is 0 Å². The molecule has 0 radical (unpaired) electrons. The lowest BCUT2D eigenvalue weighted by Gasteiger charge is -2.31. The summed E-state index contributed by atoms with van der Waals surface area (Å²) in [6, 6.07) is 1.61. The minimum atomic E-state index is -3.59. The van der Waals surface area contributed by atoms with Gasteiger partial charge in [-0.3, -0.25) is 9.00 Å². The fourth-order valence-electron chi connectivity index (χ4n) is 6.49. The van der Waals surface area contributed by atoms with Crippen molar-refractivity contribution in [2.75, 3.05) is 11.9 Å². The van der Waals surface area contributed by atoms with Gasteiger partial charge in [0.15, 0.2) is 0 Å². The summed E-state index contributed by atoms with van der Waals surface area (Å²) < 4.78 is 53.4. The van der Waals surface area contributed by atoms with Gasteiger partial charge in [0.2, 0.25) is 10.0 Å². The standard InChI is InChI=1S/C25H35N3O5S2/c29-25(27-24-20-11-4-7-17(20)15-18-8-5-12-21(18)24)22(16-26-34(30)31)23-13-6-14-28(23)35(32,33)19-9-2-1-3-10-19/h15-16,19,23,26H,1-14H2,(H,27,29)(H,30,31)/p-1. The number of fused-ring (bicyclic) bond motifs is 2. The molecule has 2 N–H and O–H groups in total. The van der Waals surface area contributed by atoms with Gasteiger partial charge in [-0.25, -0.2) is 8.42 Å². The molecule has 1 aromatic rings. The second-order valence-corrected chi connectivity index (χ2v) is 13.1. The van der Waals surface area contributed by atoms with E-state index in [0.717, 1.165) is 63.5 Å². The summed E-state index contributed by atoms with van der Waals surface area (Å²) >= 11 is -2.61. The second kappa shape index (κ2) is 10.3. The van der Waals surface area contributed by atoms with E-state index >= 15 is 0 Å². The Morgan fingerprint density at radius 1 is 0.971 bits per heavy atom. The predicted octanol–water partition coefficient (Wildman–Crippen LogP) is 3.00. The highest BCUT2D eigenvalue weighted by Gasteiger charge is 2.42. The van der Waals surface area contributed by atoms with Crippen LogP contribution in [0.5, 0.6) is 0 Å². The van der Waals surface area contributed by atoms with Crippen LogP contribution in [0, 0.1) is 0 Å². The molecule has 192 valence electrons. The first-order valence-electron chi connectivity index (χ1n) is 12.9. The van der Waals surface area contributed by atoms with Gasteiger partial charge in [0.25, 0.3) is 5.91 Å². The van der Waals surface area contributed by atoms with E-state index in [9.17, 15) is 22.0 Å². The van der Waals surface area contributed by atoms with E-state index in [2.05, 4.69) is 16.1 Å². The molecule has 1 amide bonds. The first-order valence-corrected chi connectivity index (χ1v) is 15.5. The van der Waals surface area contributed by atoms with E-state index in [1.165, 1.54) is 32.8 Å². The van der Waals surface area contributed by atoms with Crippen molar-refractivity contribution < 1.29 is 22.0 Å². The van der Waals surface area contributed by atoms with Gasteiger partial charge in [-0.1, -0.05) is 25.3 Å². The monoisotopic (exact) mass is 520 g/mol. The number of sulfonamides is 1. The Bertz CT molecular complexity index is 1130. The zero-order valence-electron chi connectivity index (χ0n) is 20.0. The topological polar surface area (TPSA) is 119 Å². The molecule has 1 saturated heterocycles. The molecule has 1 aromatic carbocycles.